The van der Waals surface area contributed by atoms with Gasteiger partial charge in [-0.25, -0.2) is 0 Å². The molecule has 0 atom stereocenters. The summed E-state index contributed by atoms with van der Waals surface area (Å²) in [6.45, 7) is 4.93. The molecule has 2 aromatic rings. The number of rotatable bonds is 6. The lowest BCUT2D eigenvalue weighted by Crippen LogP contribution is -2.16. The highest BCUT2D eigenvalue weighted by atomic mass is 79.9. The van der Waals surface area contributed by atoms with Crippen LogP contribution in [0.3, 0.4) is 0 Å². The normalized spacial score (nSPS) is 10.8. The highest BCUT2D eigenvalue weighted by Gasteiger charge is 2.07. The van der Waals surface area contributed by atoms with Crippen molar-refractivity contribution in [3.05, 3.63) is 49.0 Å². The van der Waals surface area contributed by atoms with E-state index in [1.54, 1.807) is 11.3 Å². The highest BCUT2D eigenvalue weighted by molar-refractivity contribution is 9.11. The third-order valence-corrected chi connectivity index (χ3v) is 5.38. The van der Waals surface area contributed by atoms with Crippen LogP contribution in [-0.2, 0) is 13.1 Å². The van der Waals surface area contributed by atoms with Crippen LogP contribution in [-0.4, -0.2) is 13.6 Å². The summed E-state index contributed by atoms with van der Waals surface area (Å²) in [6.07, 6.45) is 0. The van der Waals surface area contributed by atoms with E-state index in [1.807, 2.05) is 0 Å². The van der Waals surface area contributed by atoms with Crippen molar-refractivity contribution >= 4 is 48.9 Å². The molecule has 0 aliphatic rings. The number of hydrogen-bond donors (Lipinski definition) is 1. The summed E-state index contributed by atoms with van der Waals surface area (Å²) in [5.74, 6) is 0. The molecule has 5 heteroatoms. The van der Waals surface area contributed by atoms with Crippen molar-refractivity contribution in [3.63, 3.8) is 0 Å². The van der Waals surface area contributed by atoms with Crippen molar-refractivity contribution in [1.29, 1.82) is 0 Å². The van der Waals surface area contributed by atoms with Crippen molar-refractivity contribution < 1.29 is 0 Å². The summed E-state index contributed by atoms with van der Waals surface area (Å²) in [5, 5.41) is 5.54. The Labute approximate surface area is 141 Å². The average Bonchev–Trinajstić information content (AvgIpc) is 2.82. The summed E-state index contributed by atoms with van der Waals surface area (Å²) >= 11 is 8.90. The molecule has 0 saturated carbocycles. The van der Waals surface area contributed by atoms with Gasteiger partial charge >= 0.3 is 0 Å². The van der Waals surface area contributed by atoms with E-state index in [0.29, 0.717) is 0 Å². The van der Waals surface area contributed by atoms with E-state index >= 15 is 0 Å². The van der Waals surface area contributed by atoms with E-state index in [4.69, 9.17) is 0 Å². The second-order valence-corrected chi connectivity index (χ2v) is 7.82. The van der Waals surface area contributed by atoms with E-state index in [2.05, 4.69) is 85.7 Å². The van der Waals surface area contributed by atoms with Gasteiger partial charge in [0.2, 0.25) is 0 Å². The van der Waals surface area contributed by atoms with Gasteiger partial charge in [-0.15, -0.1) is 11.3 Å². The Hall–Kier alpha value is -0.360. The molecule has 0 spiro atoms. The molecule has 20 heavy (non-hydrogen) atoms. The fraction of sp³-hybridized carbons (Fsp3) is 0.333. The van der Waals surface area contributed by atoms with Crippen molar-refractivity contribution in [1.82, 2.24) is 5.32 Å². The van der Waals surface area contributed by atoms with Crippen molar-refractivity contribution in [2.24, 2.45) is 0 Å². The minimum atomic E-state index is 0.901. The molecule has 108 valence electrons. The molecular formula is C15H18Br2N2S. The Morgan fingerprint density at radius 3 is 2.65 bits per heavy atom. The zero-order valence-corrected chi connectivity index (χ0v) is 15.6. The molecular weight excluding hydrogens is 400 g/mol. The molecule has 0 bridgehead atoms. The molecule has 1 N–H and O–H groups in total. The molecule has 1 aromatic carbocycles. The summed E-state index contributed by atoms with van der Waals surface area (Å²) in [6, 6.07) is 8.73. The first-order valence-electron chi connectivity index (χ1n) is 6.53. The van der Waals surface area contributed by atoms with Gasteiger partial charge in [0.25, 0.3) is 0 Å². The fourth-order valence-electron chi connectivity index (χ4n) is 1.97. The summed E-state index contributed by atoms with van der Waals surface area (Å²) in [5.41, 5.74) is 3.85. The summed E-state index contributed by atoms with van der Waals surface area (Å²) in [4.78, 5) is 2.26. The highest BCUT2D eigenvalue weighted by Crippen LogP contribution is 2.26. The second-order valence-electron chi connectivity index (χ2n) is 4.67. The fourth-order valence-corrected chi connectivity index (χ4v) is 3.68. The zero-order chi connectivity index (χ0) is 14.5. The first-order chi connectivity index (χ1) is 9.60. The topological polar surface area (TPSA) is 15.3 Å². The predicted molar refractivity (Wildman–Crippen MR) is 95.6 cm³/mol. The molecule has 1 aromatic heterocycles. The van der Waals surface area contributed by atoms with Gasteiger partial charge in [0.1, 0.15) is 0 Å². The number of nitrogens with one attached hydrogen (secondary N) is 1. The van der Waals surface area contributed by atoms with Crippen LogP contribution < -0.4 is 10.2 Å². The van der Waals surface area contributed by atoms with Gasteiger partial charge in [-0.3, -0.25) is 0 Å². The number of nitrogens with zero attached hydrogens (tertiary/aromatic N) is 1. The molecule has 2 rings (SSSR count). The Bertz CT molecular complexity index is 569. The minimum Gasteiger partial charge on any atom is -0.370 e. The Morgan fingerprint density at radius 2 is 2.05 bits per heavy atom. The molecule has 0 saturated heterocycles. The Morgan fingerprint density at radius 1 is 1.25 bits per heavy atom. The van der Waals surface area contributed by atoms with E-state index in [9.17, 15) is 0 Å². The number of thiophene rings is 1. The van der Waals surface area contributed by atoms with Gasteiger partial charge in [0, 0.05) is 30.3 Å². The number of halogens is 2. The molecule has 1 heterocycles. The zero-order valence-electron chi connectivity index (χ0n) is 11.6. The average molecular weight is 418 g/mol. The van der Waals surface area contributed by atoms with Crippen molar-refractivity contribution in [2.45, 2.75) is 20.0 Å². The maximum Gasteiger partial charge on any atom is 0.0701 e. The van der Waals surface area contributed by atoms with Gasteiger partial charge in [-0.1, -0.05) is 28.9 Å². The molecule has 0 amide bonds. The lowest BCUT2D eigenvalue weighted by molar-refractivity contribution is 0.724. The molecule has 0 aliphatic heterocycles. The van der Waals surface area contributed by atoms with Crippen LogP contribution in [0.15, 0.2) is 37.9 Å². The van der Waals surface area contributed by atoms with E-state index < -0.39 is 0 Å². The first kappa shape index (κ1) is 16.0. The quantitative estimate of drug-likeness (QED) is 0.709. The van der Waals surface area contributed by atoms with Crippen LogP contribution in [0.5, 0.6) is 0 Å². The van der Waals surface area contributed by atoms with Gasteiger partial charge < -0.3 is 10.2 Å². The summed E-state index contributed by atoms with van der Waals surface area (Å²) < 4.78 is 2.34. The van der Waals surface area contributed by atoms with Crippen LogP contribution in [0.25, 0.3) is 0 Å². The van der Waals surface area contributed by atoms with Crippen LogP contribution in [0.1, 0.15) is 18.1 Å². The molecule has 0 unspecified atom stereocenters. The third-order valence-electron chi connectivity index (χ3n) is 3.08. The molecule has 2 nitrogen and oxygen atoms in total. The van der Waals surface area contributed by atoms with Gasteiger partial charge in [-0.2, -0.15) is 0 Å². The maximum absolute atomic E-state index is 3.66. The standard InChI is InChI=1S/C15H18Br2N2S/c1-3-18-8-12-4-5-13(7-14(12)16)19(2)9-11-6-15(17)20-10-11/h4-7,10,18H,3,8-9H2,1-2H3. The number of anilines is 1. The molecule has 0 radical (unpaired) electrons. The minimum absolute atomic E-state index is 0.901. The lowest BCUT2D eigenvalue weighted by Gasteiger charge is -2.20. The number of benzene rings is 1. The third kappa shape index (κ3) is 4.32. The van der Waals surface area contributed by atoms with Crippen LogP contribution in [0.4, 0.5) is 5.69 Å². The predicted octanol–water partition coefficient (Wildman–Crippen LogP) is 5.02. The van der Waals surface area contributed by atoms with Gasteiger partial charge in [0.05, 0.1) is 3.79 Å². The lowest BCUT2D eigenvalue weighted by atomic mass is 10.2. The van der Waals surface area contributed by atoms with E-state index in [1.165, 1.54) is 20.6 Å². The first-order valence-corrected chi connectivity index (χ1v) is 9.00. The number of hydrogen-bond acceptors (Lipinski definition) is 3. The van der Waals surface area contributed by atoms with Gasteiger partial charge in [-0.05, 0) is 57.2 Å². The summed E-state index contributed by atoms with van der Waals surface area (Å²) in [7, 11) is 2.12. The molecule has 0 fully saturated rings. The second kappa shape index (κ2) is 7.59. The SMILES string of the molecule is CCNCc1ccc(N(C)Cc2csc(Br)c2)cc1Br. The van der Waals surface area contributed by atoms with Crippen LogP contribution in [0.2, 0.25) is 0 Å². The smallest absolute Gasteiger partial charge is 0.0701 e. The van der Waals surface area contributed by atoms with Gasteiger partial charge in [0.15, 0.2) is 0 Å². The maximum atomic E-state index is 3.66. The van der Waals surface area contributed by atoms with Crippen molar-refractivity contribution in [2.75, 3.05) is 18.5 Å². The van der Waals surface area contributed by atoms with E-state index in [0.717, 1.165) is 24.1 Å². The van der Waals surface area contributed by atoms with Crippen LogP contribution in [0, 0.1) is 0 Å². The molecule has 0 aliphatic carbocycles. The van der Waals surface area contributed by atoms with E-state index in [-0.39, 0.29) is 0 Å². The Kier molecular flexibility index (Phi) is 6.08. The van der Waals surface area contributed by atoms with Crippen molar-refractivity contribution in [3.8, 4) is 0 Å². The monoisotopic (exact) mass is 416 g/mol. The Balaban J connectivity index is 2.06. The largest absolute Gasteiger partial charge is 0.370 e. The van der Waals surface area contributed by atoms with Crippen LogP contribution >= 0.6 is 43.2 Å².